The highest BCUT2D eigenvalue weighted by Gasteiger charge is 2.13. The number of aromatic nitrogens is 2. The Kier molecular flexibility index (Phi) is 5.38. The predicted octanol–water partition coefficient (Wildman–Crippen LogP) is 4.05. The second kappa shape index (κ2) is 7.70. The molecule has 0 aliphatic heterocycles. The van der Waals surface area contributed by atoms with Crippen molar-refractivity contribution in [3.63, 3.8) is 0 Å². The average molecular weight is 370 g/mol. The van der Waals surface area contributed by atoms with Crippen molar-refractivity contribution in [3.05, 3.63) is 64.4 Å². The van der Waals surface area contributed by atoms with Gasteiger partial charge in [0.2, 0.25) is 0 Å². The Morgan fingerprint density at radius 3 is 2.54 bits per heavy atom. The molecule has 0 fully saturated rings. The molecule has 0 saturated carbocycles. The first-order chi connectivity index (χ1) is 12.4. The maximum absolute atomic E-state index is 12.6. The number of benzene rings is 2. The van der Waals surface area contributed by atoms with Crippen LogP contribution in [0.2, 0.25) is 5.02 Å². The van der Waals surface area contributed by atoms with Crippen molar-refractivity contribution in [1.29, 1.82) is 0 Å². The summed E-state index contributed by atoms with van der Waals surface area (Å²) < 4.78 is 5.64. The van der Waals surface area contributed by atoms with Crippen molar-refractivity contribution < 1.29 is 9.53 Å². The molecule has 0 N–H and O–H groups in total. The van der Waals surface area contributed by atoms with Crippen LogP contribution < -0.4 is 4.74 Å². The van der Waals surface area contributed by atoms with Crippen molar-refractivity contribution in [3.8, 4) is 5.75 Å². The molecule has 1 heterocycles. The zero-order valence-corrected chi connectivity index (χ0v) is 15.7. The van der Waals surface area contributed by atoms with Crippen molar-refractivity contribution in [2.75, 3.05) is 20.2 Å². The largest absolute Gasteiger partial charge is 0.492 e. The number of carbonyl (C=O) groups excluding carboxylic acids is 1. The second-order valence-corrected chi connectivity index (χ2v) is 6.57. The van der Waals surface area contributed by atoms with Crippen LogP contribution in [0.15, 0.2) is 42.5 Å². The minimum absolute atomic E-state index is 0.0818. The van der Waals surface area contributed by atoms with E-state index in [2.05, 4.69) is 9.97 Å². The van der Waals surface area contributed by atoms with Gasteiger partial charge in [0.15, 0.2) is 0 Å². The number of halogens is 1. The van der Waals surface area contributed by atoms with Crippen LogP contribution >= 0.6 is 11.6 Å². The smallest absolute Gasteiger partial charge is 0.253 e. The molecule has 0 atom stereocenters. The predicted molar refractivity (Wildman–Crippen MR) is 103 cm³/mol. The van der Waals surface area contributed by atoms with Crippen LogP contribution in [-0.4, -0.2) is 41.0 Å². The minimum atomic E-state index is -0.0818. The highest BCUT2D eigenvalue weighted by atomic mass is 35.5. The summed E-state index contributed by atoms with van der Waals surface area (Å²) in [5.41, 5.74) is 3.86. The highest BCUT2D eigenvalue weighted by molar-refractivity contribution is 6.30. The molecule has 134 valence electrons. The first-order valence-corrected chi connectivity index (χ1v) is 8.70. The highest BCUT2D eigenvalue weighted by Crippen LogP contribution is 2.18. The molecule has 5 nitrogen and oxygen atoms in total. The van der Waals surface area contributed by atoms with Gasteiger partial charge in [0, 0.05) is 17.6 Å². The van der Waals surface area contributed by atoms with Crippen LogP contribution in [0.25, 0.3) is 11.0 Å². The lowest BCUT2D eigenvalue weighted by Crippen LogP contribution is -2.30. The monoisotopic (exact) mass is 369 g/mol. The van der Waals surface area contributed by atoms with Crippen LogP contribution in [-0.2, 0) is 0 Å². The molecule has 0 unspecified atom stereocenters. The van der Waals surface area contributed by atoms with E-state index < -0.39 is 0 Å². The Hall–Kier alpha value is -2.66. The van der Waals surface area contributed by atoms with Gasteiger partial charge in [-0.05, 0) is 50.2 Å². The summed E-state index contributed by atoms with van der Waals surface area (Å²) in [5, 5.41) is 0.620. The van der Waals surface area contributed by atoms with E-state index in [4.69, 9.17) is 16.3 Å². The van der Waals surface area contributed by atoms with Gasteiger partial charge in [-0.1, -0.05) is 17.7 Å². The van der Waals surface area contributed by atoms with Gasteiger partial charge in [-0.2, -0.15) is 0 Å². The summed E-state index contributed by atoms with van der Waals surface area (Å²) in [7, 11) is 1.75. The maximum Gasteiger partial charge on any atom is 0.253 e. The molecular formula is C20H20ClN3O2. The molecule has 0 saturated heterocycles. The Labute approximate surface area is 157 Å². The van der Waals surface area contributed by atoms with Crippen LogP contribution in [0.3, 0.4) is 0 Å². The van der Waals surface area contributed by atoms with Gasteiger partial charge in [-0.25, -0.2) is 9.97 Å². The van der Waals surface area contributed by atoms with Gasteiger partial charge in [0.05, 0.1) is 29.0 Å². The number of nitrogens with zero attached hydrogens (tertiary/aromatic N) is 3. The molecule has 3 rings (SSSR count). The lowest BCUT2D eigenvalue weighted by Gasteiger charge is -2.18. The minimum Gasteiger partial charge on any atom is -0.492 e. The normalized spacial score (nSPS) is 10.8. The Bertz CT molecular complexity index is 959. The van der Waals surface area contributed by atoms with Crippen molar-refractivity contribution in [1.82, 2.24) is 14.9 Å². The number of fused-ring (bicyclic) bond motifs is 1. The summed E-state index contributed by atoms with van der Waals surface area (Å²) in [6.07, 6.45) is 0. The Morgan fingerprint density at radius 1 is 1.08 bits per heavy atom. The van der Waals surface area contributed by atoms with Gasteiger partial charge < -0.3 is 9.64 Å². The quantitative estimate of drug-likeness (QED) is 0.680. The third kappa shape index (κ3) is 4.11. The molecule has 0 aliphatic carbocycles. The van der Waals surface area contributed by atoms with Gasteiger partial charge in [0.25, 0.3) is 5.91 Å². The zero-order chi connectivity index (χ0) is 18.7. The molecule has 0 aliphatic rings. The number of ether oxygens (including phenoxy) is 1. The topological polar surface area (TPSA) is 55.3 Å². The summed E-state index contributed by atoms with van der Waals surface area (Å²) in [6.45, 7) is 4.68. The molecule has 1 amide bonds. The van der Waals surface area contributed by atoms with Crippen molar-refractivity contribution >= 4 is 28.5 Å². The van der Waals surface area contributed by atoms with Crippen LogP contribution in [0.4, 0.5) is 0 Å². The molecular weight excluding hydrogens is 350 g/mol. The number of likely N-dealkylation sites (N-methyl/N-ethyl adjacent to an activating group) is 1. The summed E-state index contributed by atoms with van der Waals surface area (Å²) in [4.78, 5) is 23.3. The molecule has 1 aromatic heterocycles. The third-order valence-electron chi connectivity index (χ3n) is 4.16. The van der Waals surface area contributed by atoms with Crippen molar-refractivity contribution in [2.24, 2.45) is 0 Å². The molecule has 6 heteroatoms. The van der Waals surface area contributed by atoms with E-state index in [0.717, 1.165) is 22.4 Å². The number of rotatable bonds is 5. The maximum atomic E-state index is 12.6. The van der Waals surface area contributed by atoms with Crippen LogP contribution in [0.5, 0.6) is 5.75 Å². The van der Waals surface area contributed by atoms with Crippen LogP contribution in [0, 0.1) is 13.8 Å². The fourth-order valence-corrected chi connectivity index (χ4v) is 2.72. The fourth-order valence-electron chi connectivity index (χ4n) is 2.54. The summed E-state index contributed by atoms with van der Waals surface area (Å²) in [6, 6.07) is 12.6. The first kappa shape index (κ1) is 18.1. The van der Waals surface area contributed by atoms with Crippen molar-refractivity contribution in [2.45, 2.75) is 13.8 Å². The molecule has 2 aromatic carbocycles. The molecule has 3 aromatic rings. The fraction of sp³-hybridized carbons (Fsp3) is 0.250. The Morgan fingerprint density at radius 2 is 1.81 bits per heavy atom. The number of aryl methyl sites for hydroxylation is 2. The van der Waals surface area contributed by atoms with Gasteiger partial charge >= 0.3 is 0 Å². The first-order valence-electron chi connectivity index (χ1n) is 8.33. The second-order valence-electron chi connectivity index (χ2n) is 6.13. The number of hydrogen-bond donors (Lipinski definition) is 0. The van der Waals surface area contributed by atoms with E-state index in [1.165, 1.54) is 0 Å². The number of amides is 1. The number of carbonyl (C=O) groups is 1. The SMILES string of the molecule is Cc1nc2ccc(C(=O)N(C)CCOc3cccc(Cl)c3)cc2nc1C. The van der Waals surface area contributed by atoms with Gasteiger partial charge in [0.1, 0.15) is 12.4 Å². The van der Waals surface area contributed by atoms with E-state index in [1.807, 2.05) is 32.0 Å². The van der Waals surface area contributed by atoms with E-state index >= 15 is 0 Å². The lowest BCUT2D eigenvalue weighted by molar-refractivity contribution is 0.0774. The average Bonchev–Trinajstić information content (AvgIpc) is 2.61. The Balaban J connectivity index is 1.66. The molecule has 0 bridgehead atoms. The molecule has 0 spiro atoms. The zero-order valence-electron chi connectivity index (χ0n) is 15.0. The third-order valence-corrected chi connectivity index (χ3v) is 4.40. The summed E-state index contributed by atoms with van der Waals surface area (Å²) >= 11 is 5.93. The summed E-state index contributed by atoms with van der Waals surface area (Å²) in [5.74, 6) is 0.604. The molecule has 26 heavy (non-hydrogen) atoms. The standard InChI is InChI=1S/C20H20ClN3O2/c1-13-14(2)23-19-11-15(7-8-18(19)22-13)20(25)24(3)9-10-26-17-6-4-5-16(21)12-17/h4-8,11-12H,9-10H2,1-3H3. The van der Waals surface area contributed by atoms with Gasteiger partial charge in [-0.3, -0.25) is 4.79 Å². The van der Waals surface area contributed by atoms with E-state index in [9.17, 15) is 4.79 Å². The van der Waals surface area contributed by atoms with E-state index in [-0.39, 0.29) is 5.91 Å². The lowest BCUT2D eigenvalue weighted by atomic mass is 10.1. The number of hydrogen-bond acceptors (Lipinski definition) is 4. The van der Waals surface area contributed by atoms with E-state index in [0.29, 0.717) is 29.5 Å². The van der Waals surface area contributed by atoms with E-state index in [1.54, 1.807) is 36.2 Å². The molecule has 0 radical (unpaired) electrons. The van der Waals surface area contributed by atoms with Gasteiger partial charge in [-0.15, -0.1) is 0 Å². The van der Waals surface area contributed by atoms with Crippen LogP contribution in [0.1, 0.15) is 21.7 Å².